The molecule has 3 rings (SSSR count). The second kappa shape index (κ2) is 5.55. The third kappa shape index (κ3) is 3.03. The van der Waals surface area contributed by atoms with Gasteiger partial charge in [-0.15, -0.1) is 0 Å². The van der Waals surface area contributed by atoms with Crippen LogP contribution in [0, 0.1) is 5.92 Å². The van der Waals surface area contributed by atoms with E-state index in [2.05, 4.69) is 17.0 Å². The Kier molecular flexibility index (Phi) is 4.10. The molecule has 2 heterocycles. The van der Waals surface area contributed by atoms with Crippen molar-refractivity contribution in [1.29, 1.82) is 0 Å². The quantitative estimate of drug-likeness (QED) is 0.824. The fourth-order valence-corrected chi connectivity index (χ4v) is 5.22. The standard InChI is InChI=1S/C14H27N3O2S/c1-12-4-9-17(10-5-12)20(18,19)16-13-3-8-15-14(11-13)6-2-7-14/h12-13,15-16H,2-11H2,1H3. The van der Waals surface area contributed by atoms with Gasteiger partial charge in [0.2, 0.25) is 0 Å². The van der Waals surface area contributed by atoms with E-state index in [1.54, 1.807) is 4.31 Å². The Balaban J connectivity index is 1.58. The van der Waals surface area contributed by atoms with Gasteiger partial charge in [-0.2, -0.15) is 17.4 Å². The van der Waals surface area contributed by atoms with Crippen molar-refractivity contribution in [1.82, 2.24) is 14.3 Å². The first-order valence-corrected chi connectivity index (χ1v) is 9.46. The van der Waals surface area contributed by atoms with E-state index in [0.29, 0.717) is 19.0 Å². The van der Waals surface area contributed by atoms with Crippen molar-refractivity contribution in [2.75, 3.05) is 19.6 Å². The first kappa shape index (κ1) is 14.8. The minimum Gasteiger partial charge on any atom is -0.311 e. The van der Waals surface area contributed by atoms with Crippen molar-refractivity contribution in [3.05, 3.63) is 0 Å². The van der Waals surface area contributed by atoms with E-state index in [4.69, 9.17) is 0 Å². The summed E-state index contributed by atoms with van der Waals surface area (Å²) < 4.78 is 29.5. The fourth-order valence-electron chi connectivity index (χ4n) is 3.75. The van der Waals surface area contributed by atoms with Gasteiger partial charge < -0.3 is 5.32 Å². The molecule has 2 aliphatic heterocycles. The van der Waals surface area contributed by atoms with Crippen LogP contribution in [0.3, 0.4) is 0 Å². The van der Waals surface area contributed by atoms with Gasteiger partial charge in [0.25, 0.3) is 10.2 Å². The van der Waals surface area contributed by atoms with Crippen LogP contribution in [0.15, 0.2) is 0 Å². The van der Waals surface area contributed by atoms with E-state index in [1.165, 1.54) is 19.3 Å². The van der Waals surface area contributed by atoms with Gasteiger partial charge in [0.15, 0.2) is 0 Å². The topological polar surface area (TPSA) is 61.4 Å². The summed E-state index contributed by atoms with van der Waals surface area (Å²) in [6.45, 7) is 4.48. The van der Waals surface area contributed by atoms with Crippen molar-refractivity contribution in [2.45, 2.75) is 63.5 Å². The third-order valence-corrected chi connectivity index (χ3v) is 7.01. The Morgan fingerprint density at radius 2 is 1.90 bits per heavy atom. The second-order valence-electron chi connectivity index (χ2n) is 6.95. The summed E-state index contributed by atoms with van der Waals surface area (Å²) >= 11 is 0. The molecule has 2 N–H and O–H groups in total. The van der Waals surface area contributed by atoms with Crippen molar-refractivity contribution < 1.29 is 8.42 Å². The minimum absolute atomic E-state index is 0.112. The fraction of sp³-hybridized carbons (Fsp3) is 1.00. The summed E-state index contributed by atoms with van der Waals surface area (Å²) in [6, 6.07) is 0.112. The van der Waals surface area contributed by atoms with Gasteiger partial charge in [-0.1, -0.05) is 6.92 Å². The van der Waals surface area contributed by atoms with E-state index in [9.17, 15) is 8.42 Å². The van der Waals surface area contributed by atoms with E-state index < -0.39 is 10.2 Å². The normalized spacial score (nSPS) is 32.1. The Morgan fingerprint density at radius 3 is 2.50 bits per heavy atom. The predicted molar refractivity (Wildman–Crippen MR) is 79.6 cm³/mol. The first-order valence-electron chi connectivity index (χ1n) is 8.02. The van der Waals surface area contributed by atoms with Crippen LogP contribution < -0.4 is 10.0 Å². The summed E-state index contributed by atoms with van der Waals surface area (Å²) in [5.74, 6) is 0.651. The molecule has 1 spiro atoms. The number of piperidine rings is 2. The van der Waals surface area contributed by atoms with Gasteiger partial charge in [0, 0.05) is 24.7 Å². The van der Waals surface area contributed by atoms with Crippen LogP contribution >= 0.6 is 0 Å². The molecule has 20 heavy (non-hydrogen) atoms. The molecule has 0 aromatic carbocycles. The van der Waals surface area contributed by atoms with Crippen LogP contribution in [-0.2, 0) is 10.2 Å². The molecule has 2 saturated heterocycles. The highest BCUT2D eigenvalue weighted by Crippen LogP contribution is 2.38. The highest BCUT2D eigenvalue weighted by atomic mass is 32.2. The van der Waals surface area contributed by atoms with Crippen molar-refractivity contribution in [3.8, 4) is 0 Å². The number of hydrogen-bond donors (Lipinski definition) is 2. The molecule has 5 nitrogen and oxygen atoms in total. The SMILES string of the molecule is CC1CCN(S(=O)(=O)NC2CCNC3(CCC3)C2)CC1. The Labute approximate surface area is 122 Å². The number of nitrogens with zero attached hydrogens (tertiary/aromatic N) is 1. The van der Waals surface area contributed by atoms with Crippen LogP contribution in [0.4, 0.5) is 0 Å². The molecule has 1 aliphatic carbocycles. The smallest absolute Gasteiger partial charge is 0.279 e. The van der Waals surface area contributed by atoms with Crippen molar-refractivity contribution >= 4 is 10.2 Å². The van der Waals surface area contributed by atoms with Gasteiger partial charge in [-0.25, -0.2) is 0 Å². The van der Waals surface area contributed by atoms with Crippen molar-refractivity contribution in [3.63, 3.8) is 0 Å². The summed E-state index contributed by atoms with van der Waals surface area (Å²) in [5.41, 5.74) is 0.238. The maximum Gasteiger partial charge on any atom is 0.279 e. The van der Waals surface area contributed by atoms with E-state index in [1.807, 2.05) is 0 Å². The van der Waals surface area contributed by atoms with Gasteiger partial charge in [0.1, 0.15) is 0 Å². The molecule has 0 aromatic heterocycles. The van der Waals surface area contributed by atoms with E-state index in [0.717, 1.165) is 32.2 Å². The van der Waals surface area contributed by atoms with E-state index >= 15 is 0 Å². The summed E-state index contributed by atoms with van der Waals surface area (Å²) in [6.07, 6.45) is 7.51. The van der Waals surface area contributed by atoms with Gasteiger partial charge in [-0.05, 0) is 57.4 Å². The van der Waals surface area contributed by atoms with Crippen LogP contribution in [0.1, 0.15) is 51.9 Å². The zero-order chi connectivity index (χ0) is 14.2. The lowest BCUT2D eigenvalue weighted by Crippen LogP contribution is -2.60. The first-order chi connectivity index (χ1) is 9.49. The monoisotopic (exact) mass is 301 g/mol. The molecule has 0 radical (unpaired) electrons. The minimum atomic E-state index is -3.29. The average Bonchev–Trinajstić information content (AvgIpc) is 2.37. The molecule has 3 aliphatic rings. The molecule has 116 valence electrons. The summed E-state index contributed by atoms with van der Waals surface area (Å²) in [7, 11) is -3.29. The van der Waals surface area contributed by atoms with Crippen LogP contribution in [-0.4, -0.2) is 43.9 Å². The maximum atomic E-state index is 12.5. The zero-order valence-corrected chi connectivity index (χ0v) is 13.2. The molecule has 1 atom stereocenters. The molecule has 0 aromatic rings. The van der Waals surface area contributed by atoms with Gasteiger partial charge >= 0.3 is 0 Å². The Bertz CT molecular complexity index is 439. The van der Waals surface area contributed by atoms with Crippen LogP contribution in [0.5, 0.6) is 0 Å². The van der Waals surface area contributed by atoms with Crippen LogP contribution in [0.25, 0.3) is 0 Å². The Hall–Kier alpha value is -0.170. The number of nitrogens with one attached hydrogen (secondary N) is 2. The molecule has 0 amide bonds. The van der Waals surface area contributed by atoms with Gasteiger partial charge in [-0.3, -0.25) is 0 Å². The maximum absolute atomic E-state index is 12.5. The van der Waals surface area contributed by atoms with Crippen molar-refractivity contribution in [2.24, 2.45) is 5.92 Å². The second-order valence-corrected chi connectivity index (χ2v) is 8.66. The Morgan fingerprint density at radius 1 is 1.20 bits per heavy atom. The molecule has 1 saturated carbocycles. The molecule has 3 fully saturated rings. The highest BCUT2D eigenvalue weighted by molar-refractivity contribution is 7.87. The van der Waals surface area contributed by atoms with Crippen LogP contribution in [0.2, 0.25) is 0 Å². The number of hydrogen-bond acceptors (Lipinski definition) is 3. The molecule has 1 unspecified atom stereocenters. The molecular weight excluding hydrogens is 274 g/mol. The lowest BCUT2D eigenvalue weighted by molar-refractivity contribution is 0.125. The molecule has 0 bridgehead atoms. The zero-order valence-electron chi connectivity index (χ0n) is 12.4. The average molecular weight is 301 g/mol. The molecule has 6 heteroatoms. The predicted octanol–water partition coefficient (Wildman–Crippen LogP) is 1.23. The summed E-state index contributed by atoms with van der Waals surface area (Å²) in [4.78, 5) is 0. The lowest BCUT2D eigenvalue weighted by atomic mass is 9.70. The highest BCUT2D eigenvalue weighted by Gasteiger charge is 2.42. The third-order valence-electron chi connectivity index (χ3n) is 5.34. The summed E-state index contributed by atoms with van der Waals surface area (Å²) in [5, 5.41) is 3.58. The number of rotatable bonds is 3. The lowest BCUT2D eigenvalue weighted by Gasteiger charge is -2.48. The van der Waals surface area contributed by atoms with Gasteiger partial charge in [0.05, 0.1) is 0 Å². The molecular formula is C14H27N3O2S. The largest absolute Gasteiger partial charge is 0.311 e. The van der Waals surface area contributed by atoms with E-state index in [-0.39, 0.29) is 11.6 Å².